The van der Waals surface area contributed by atoms with Crippen LogP contribution in [0.25, 0.3) is 43.8 Å². The fraction of sp³-hybridized carbons (Fsp3) is 0. The summed E-state index contributed by atoms with van der Waals surface area (Å²) in [4.78, 5) is 0. The van der Waals surface area contributed by atoms with E-state index in [0.29, 0.717) is 0 Å². The molecule has 0 nitrogen and oxygen atoms in total. The van der Waals surface area contributed by atoms with E-state index >= 15 is 0 Å². The molecule has 0 aliphatic carbocycles. The normalized spacial score (nSPS) is 11.1. The van der Waals surface area contributed by atoms with Crippen molar-refractivity contribution >= 4 is 42.0 Å². The van der Waals surface area contributed by atoms with Crippen LogP contribution < -0.4 is 4.46 Å². The first-order valence-electron chi connectivity index (χ1n) is 9.09. The van der Waals surface area contributed by atoms with Crippen molar-refractivity contribution in [1.29, 1.82) is 0 Å². The van der Waals surface area contributed by atoms with Gasteiger partial charge in [-0.3, -0.25) is 0 Å². The van der Waals surface area contributed by atoms with Gasteiger partial charge in [-0.25, -0.2) is 0 Å². The minimum absolute atomic E-state index is 1.16. The van der Waals surface area contributed by atoms with Crippen molar-refractivity contribution in [1.82, 2.24) is 0 Å². The van der Waals surface area contributed by atoms with Gasteiger partial charge in [-0.15, -0.1) is 0 Å². The summed E-state index contributed by atoms with van der Waals surface area (Å²) < 4.78 is 1.16. The van der Waals surface area contributed by atoms with Gasteiger partial charge >= 0.3 is 167 Å². The van der Waals surface area contributed by atoms with Crippen molar-refractivity contribution in [2.45, 2.75) is 0 Å². The van der Waals surface area contributed by atoms with Gasteiger partial charge in [0, 0.05) is 0 Å². The van der Waals surface area contributed by atoms with Gasteiger partial charge in [0.2, 0.25) is 0 Å². The van der Waals surface area contributed by atoms with E-state index in [1.807, 2.05) is 0 Å². The molecule has 0 unspecified atom stereocenters. The summed E-state index contributed by atoms with van der Waals surface area (Å²) in [6.07, 6.45) is 0. The minimum atomic E-state index is 1.16. The van der Waals surface area contributed by atoms with Crippen LogP contribution in [0.4, 0.5) is 0 Å². The van der Waals surface area contributed by atoms with E-state index in [-0.39, 0.29) is 0 Å². The Balaban J connectivity index is 1.99. The van der Waals surface area contributed by atoms with Gasteiger partial charge < -0.3 is 0 Å². The molecule has 0 N–H and O–H groups in total. The van der Waals surface area contributed by atoms with Gasteiger partial charge in [0.05, 0.1) is 0 Å². The second-order valence-corrected chi connectivity index (χ2v) is 7.72. The van der Waals surface area contributed by atoms with Crippen LogP contribution in [0.3, 0.4) is 0 Å². The molecule has 0 bridgehead atoms. The molecule has 27 heavy (non-hydrogen) atoms. The van der Waals surface area contributed by atoms with Gasteiger partial charge in [0.15, 0.2) is 0 Å². The SMILES string of the molecule is [Se]c1ccc(-c2c3ccccc3c(-c3ccccc3)c3ccccc23)cc1. The van der Waals surface area contributed by atoms with Crippen molar-refractivity contribution in [3.63, 3.8) is 0 Å². The molecule has 1 heteroatoms. The first-order chi connectivity index (χ1) is 13.3. The standard InChI is InChI=1S/C26H17Se/c27-20-16-14-19(15-17-20)26-23-12-6-4-10-21(23)25(18-8-2-1-3-9-18)22-11-5-7-13-24(22)26/h1-17H. The van der Waals surface area contributed by atoms with Crippen LogP contribution in [0, 0.1) is 0 Å². The summed E-state index contributed by atoms with van der Waals surface area (Å²) in [6, 6.07) is 36.9. The Bertz CT molecular complexity index is 1200. The molecule has 0 fully saturated rings. The van der Waals surface area contributed by atoms with Gasteiger partial charge in [-0.05, 0) is 0 Å². The summed E-state index contributed by atoms with van der Waals surface area (Å²) in [5.74, 6) is 0. The average molecular weight is 408 g/mol. The Morgan fingerprint density at radius 3 is 1.19 bits per heavy atom. The molecular formula is C26H17Se. The molecular weight excluding hydrogens is 391 g/mol. The molecule has 127 valence electrons. The molecule has 0 amide bonds. The van der Waals surface area contributed by atoms with E-state index in [2.05, 4.69) is 119 Å². The summed E-state index contributed by atoms with van der Waals surface area (Å²) >= 11 is 3.09. The third-order valence-electron chi connectivity index (χ3n) is 5.14. The van der Waals surface area contributed by atoms with E-state index in [4.69, 9.17) is 0 Å². The molecule has 0 aliphatic rings. The Kier molecular flexibility index (Phi) is 4.05. The van der Waals surface area contributed by atoms with Gasteiger partial charge in [0.25, 0.3) is 0 Å². The van der Waals surface area contributed by atoms with Crippen LogP contribution in [0.5, 0.6) is 0 Å². The average Bonchev–Trinajstić information content (AvgIpc) is 2.73. The molecule has 0 aromatic heterocycles. The van der Waals surface area contributed by atoms with E-state index in [9.17, 15) is 0 Å². The Morgan fingerprint density at radius 2 is 0.741 bits per heavy atom. The van der Waals surface area contributed by atoms with Crippen LogP contribution in [-0.2, 0) is 0 Å². The van der Waals surface area contributed by atoms with Crippen molar-refractivity contribution in [2.24, 2.45) is 0 Å². The van der Waals surface area contributed by atoms with Crippen LogP contribution in [0.2, 0.25) is 0 Å². The third kappa shape index (κ3) is 2.77. The molecule has 5 aromatic carbocycles. The van der Waals surface area contributed by atoms with Crippen molar-refractivity contribution in [2.75, 3.05) is 0 Å². The zero-order valence-corrected chi connectivity index (χ0v) is 16.4. The fourth-order valence-corrected chi connectivity index (χ4v) is 4.26. The molecule has 0 atom stereocenters. The number of rotatable bonds is 2. The van der Waals surface area contributed by atoms with Gasteiger partial charge in [0.1, 0.15) is 0 Å². The van der Waals surface area contributed by atoms with E-state index in [1.165, 1.54) is 43.8 Å². The second-order valence-electron chi connectivity index (χ2n) is 6.73. The van der Waals surface area contributed by atoms with E-state index in [1.54, 1.807) is 0 Å². The molecule has 5 aromatic rings. The Morgan fingerprint density at radius 1 is 0.370 bits per heavy atom. The molecule has 0 saturated carbocycles. The fourth-order valence-electron chi connectivity index (χ4n) is 3.98. The monoisotopic (exact) mass is 409 g/mol. The summed E-state index contributed by atoms with van der Waals surface area (Å²) in [5, 5.41) is 5.18. The van der Waals surface area contributed by atoms with Crippen LogP contribution in [0.1, 0.15) is 0 Å². The zero-order valence-electron chi connectivity index (χ0n) is 14.7. The quantitative estimate of drug-likeness (QED) is 0.244. The molecule has 0 heterocycles. The maximum atomic E-state index is 3.09. The predicted octanol–water partition coefficient (Wildman–Crippen LogP) is 6.12. The summed E-state index contributed by atoms with van der Waals surface area (Å²) in [7, 11) is 0. The number of hydrogen-bond donors (Lipinski definition) is 0. The number of hydrogen-bond acceptors (Lipinski definition) is 0. The van der Waals surface area contributed by atoms with Crippen LogP contribution in [-0.4, -0.2) is 16.0 Å². The van der Waals surface area contributed by atoms with Crippen molar-refractivity contribution in [3.05, 3.63) is 103 Å². The molecule has 0 saturated heterocycles. The first kappa shape index (κ1) is 16.3. The van der Waals surface area contributed by atoms with Crippen molar-refractivity contribution in [3.8, 4) is 22.3 Å². The molecule has 0 spiro atoms. The maximum absolute atomic E-state index is 3.09. The third-order valence-corrected chi connectivity index (χ3v) is 5.71. The Labute approximate surface area is 167 Å². The zero-order chi connectivity index (χ0) is 18.2. The number of benzene rings is 5. The second kappa shape index (κ2) is 6.70. The summed E-state index contributed by atoms with van der Waals surface area (Å²) in [5.41, 5.74) is 5.13. The molecule has 0 aliphatic heterocycles. The topological polar surface area (TPSA) is 0 Å². The van der Waals surface area contributed by atoms with Crippen LogP contribution in [0.15, 0.2) is 103 Å². The van der Waals surface area contributed by atoms with Gasteiger partial charge in [-0.1, -0.05) is 0 Å². The predicted molar refractivity (Wildman–Crippen MR) is 118 cm³/mol. The first-order valence-corrected chi connectivity index (χ1v) is 9.95. The number of fused-ring (bicyclic) bond motifs is 2. The van der Waals surface area contributed by atoms with E-state index < -0.39 is 0 Å². The summed E-state index contributed by atoms with van der Waals surface area (Å²) in [6.45, 7) is 0. The van der Waals surface area contributed by atoms with E-state index in [0.717, 1.165) is 4.46 Å². The molecule has 1 radical (unpaired) electrons. The van der Waals surface area contributed by atoms with Gasteiger partial charge in [-0.2, -0.15) is 0 Å². The van der Waals surface area contributed by atoms with Crippen molar-refractivity contribution < 1.29 is 0 Å². The Hall–Kier alpha value is -2.86. The van der Waals surface area contributed by atoms with Crippen LogP contribution >= 0.6 is 0 Å². The molecule has 5 rings (SSSR count).